The number of pyridine rings is 1. The van der Waals surface area contributed by atoms with E-state index >= 15 is 0 Å². The Morgan fingerprint density at radius 2 is 1.93 bits per heavy atom. The van der Waals surface area contributed by atoms with E-state index < -0.39 is 17.6 Å². The highest BCUT2D eigenvalue weighted by molar-refractivity contribution is 6.31. The van der Waals surface area contributed by atoms with Crippen molar-refractivity contribution in [1.82, 2.24) is 4.98 Å². The van der Waals surface area contributed by atoms with Crippen molar-refractivity contribution >= 4 is 29.0 Å². The third-order valence-corrected chi connectivity index (χ3v) is 4.73. The summed E-state index contributed by atoms with van der Waals surface area (Å²) in [5.74, 6) is -1.33. The molecule has 1 N–H and O–H groups in total. The second kappa shape index (κ2) is 7.72. The van der Waals surface area contributed by atoms with Crippen molar-refractivity contribution in [2.75, 3.05) is 23.3 Å². The molecular weight excluding hydrogens is 386 g/mol. The average Bonchev–Trinajstić information content (AvgIpc) is 2.64. The largest absolute Gasteiger partial charge is 0.419 e. The number of hydrogen-bond donors (Lipinski definition) is 1. The number of alkyl halides is 3. The Morgan fingerprint density at radius 1 is 1.22 bits per heavy atom. The van der Waals surface area contributed by atoms with Gasteiger partial charge in [-0.15, -0.1) is 0 Å². The summed E-state index contributed by atoms with van der Waals surface area (Å²) in [4.78, 5) is 17.8. The molecule has 3 rings (SSSR count). The van der Waals surface area contributed by atoms with Gasteiger partial charge in [-0.2, -0.15) is 13.2 Å². The van der Waals surface area contributed by atoms with Crippen LogP contribution in [0.2, 0.25) is 5.02 Å². The average molecular weight is 402 g/mol. The van der Waals surface area contributed by atoms with E-state index in [1.807, 2.05) is 0 Å². The van der Waals surface area contributed by atoms with Crippen LogP contribution in [0.15, 0.2) is 36.5 Å². The number of piperidine rings is 1. The van der Waals surface area contributed by atoms with Crippen molar-refractivity contribution in [2.24, 2.45) is 5.92 Å². The number of carbonyl (C=O) groups is 1. The van der Waals surface area contributed by atoms with Gasteiger partial charge in [0.15, 0.2) is 0 Å². The van der Waals surface area contributed by atoms with Crippen LogP contribution in [0, 0.1) is 11.7 Å². The van der Waals surface area contributed by atoms with Gasteiger partial charge in [-0.3, -0.25) is 4.79 Å². The van der Waals surface area contributed by atoms with Gasteiger partial charge in [0.05, 0.1) is 10.6 Å². The maximum absolute atomic E-state index is 13.2. The Hall–Kier alpha value is -2.35. The Morgan fingerprint density at radius 3 is 2.56 bits per heavy atom. The molecule has 2 heterocycles. The van der Waals surface area contributed by atoms with Gasteiger partial charge in [-0.25, -0.2) is 9.37 Å². The highest BCUT2D eigenvalue weighted by Gasteiger charge is 2.36. The third kappa shape index (κ3) is 4.50. The Balaban J connectivity index is 1.64. The number of rotatable bonds is 3. The molecular formula is C18H16ClF4N3O. The lowest BCUT2D eigenvalue weighted by Gasteiger charge is -2.33. The van der Waals surface area contributed by atoms with Gasteiger partial charge >= 0.3 is 6.18 Å². The molecule has 1 aromatic carbocycles. The molecule has 0 spiro atoms. The molecule has 1 fully saturated rings. The van der Waals surface area contributed by atoms with Crippen molar-refractivity contribution in [3.05, 3.63) is 52.9 Å². The molecule has 1 amide bonds. The second-order valence-corrected chi connectivity index (χ2v) is 6.66. The smallest absolute Gasteiger partial charge is 0.356 e. The number of hydrogen-bond acceptors (Lipinski definition) is 3. The standard InChI is InChI=1S/C18H16ClF4N3O/c19-14-10-12(3-4-15(14)20)25-17(27)11-5-8-26(9-6-11)16-13(18(21,22)23)2-1-7-24-16/h1-4,7,10-11H,5-6,8-9H2,(H,25,27). The number of amides is 1. The fourth-order valence-electron chi connectivity index (χ4n) is 3.04. The third-order valence-electron chi connectivity index (χ3n) is 4.44. The van der Waals surface area contributed by atoms with E-state index in [4.69, 9.17) is 11.6 Å². The number of anilines is 2. The van der Waals surface area contributed by atoms with Crippen molar-refractivity contribution in [1.29, 1.82) is 0 Å². The maximum Gasteiger partial charge on any atom is 0.419 e. The molecule has 9 heteroatoms. The Labute approximate surface area is 158 Å². The van der Waals surface area contributed by atoms with Crippen LogP contribution in [-0.4, -0.2) is 24.0 Å². The van der Waals surface area contributed by atoms with E-state index in [2.05, 4.69) is 10.3 Å². The number of nitrogens with zero attached hydrogens (tertiary/aromatic N) is 2. The summed E-state index contributed by atoms with van der Waals surface area (Å²) in [5, 5.41) is 2.57. The molecule has 1 aliphatic heterocycles. The Kier molecular flexibility index (Phi) is 5.55. The van der Waals surface area contributed by atoms with Crippen molar-refractivity contribution < 1.29 is 22.4 Å². The summed E-state index contributed by atoms with van der Waals surface area (Å²) in [7, 11) is 0. The van der Waals surface area contributed by atoms with Crippen LogP contribution in [0.1, 0.15) is 18.4 Å². The zero-order chi connectivity index (χ0) is 19.6. The van der Waals surface area contributed by atoms with Crippen molar-refractivity contribution in [3.8, 4) is 0 Å². The van der Waals surface area contributed by atoms with Crippen LogP contribution in [0.3, 0.4) is 0 Å². The molecule has 144 valence electrons. The highest BCUT2D eigenvalue weighted by Crippen LogP contribution is 2.36. The highest BCUT2D eigenvalue weighted by atomic mass is 35.5. The first-order valence-corrected chi connectivity index (χ1v) is 8.66. The molecule has 0 unspecified atom stereocenters. The summed E-state index contributed by atoms with van der Waals surface area (Å²) >= 11 is 5.69. The topological polar surface area (TPSA) is 45.2 Å². The van der Waals surface area contributed by atoms with Crippen LogP contribution in [-0.2, 0) is 11.0 Å². The predicted octanol–water partition coefficient (Wildman–Crippen LogP) is 4.75. The van der Waals surface area contributed by atoms with Crippen molar-refractivity contribution in [2.45, 2.75) is 19.0 Å². The number of halogens is 5. The van der Waals surface area contributed by atoms with Gasteiger partial charge < -0.3 is 10.2 Å². The molecule has 27 heavy (non-hydrogen) atoms. The monoisotopic (exact) mass is 401 g/mol. The van der Waals surface area contributed by atoms with Crippen LogP contribution in [0.4, 0.5) is 29.1 Å². The number of aromatic nitrogens is 1. The minimum atomic E-state index is -4.49. The first-order chi connectivity index (χ1) is 12.8. The van der Waals surface area contributed by atoms with E-state index in [0.717, 1.165) is 12.1 Å². The number of benzene rings is 1. The normalized spacial score (nSPS) is 15.7. The molecule has 1 aromatic heterocycles. The minimum absolute atomic E-state index is 0.0996. The summed E-state index contributed by atoms with van der Waals surface area (Å²) in [5.41, 5.74) is -0.410. The molecule has 0 aliphatic carbocycles. The van der Waals surface area contributed by atoms with Crippen molar-refractivity contribution in [3.63, 3.8) is 0 Å². The number of carbonyl (C=O) groups excluding carboxylic acids is 1. The molecule has 0 bridgehead atoms. The lowest BCUT2D eigenvalue weighted by atomic mass is 9.95. The summed E-state index contributed by atoms with van der Waals surface area (Å²) < 4.78 is 52.6. The van der Waals surface area contributed by atoms with E-state index in [-0.39, 0.29) is 35.8 Å². The van der Waals surface area contributed by atoms with Crippen LogP contribution in [0.25, 0.3) is 0 Å². The van der Waals surface area contributed by atoms with E-state index in [1.54, 1.807) is 4.90 Å². The molecule has 2 aromatic rings. The quantitative estimate of drug-likeness (QED) is 0.755. The minimum Gasteiger partial charge on any atom is -0.356 e. The van der Waals surface area contributed by atoms with Gasteiger partial charge in [0, 0.05) is 30.9 Å². The van der Waals surface area contributed by atoms with E-state index in [9.17, 15) is 22.4 Å². The lowest BCUT2D eigenvalue weighted by molar-refractivity contribution is -0.137. The predicted molar refractivity (Wildman–Crippen MR) is 94.2 cm³/mol. The molecule has 0 atom stereocenters. The van der Waals surface area contributed by atoms with Crippen LogP contribution < -0.4 is 10.2 Å². The molecule has 1 aliphatic rings. The SMILES string of the molecule is O=C(Nc1ccc(F)c(Cl)c1)C1CCN(c2ncccc2C(F)(F)F)CC1. The second-order valence-electron chi connectivity index (χ2n) is 6.25. The van der Waals surface area contributed by atoms with Gasteiger partial charge in [-0.1, -0.05) is 11.6 Å². The summed E-state index contributed by atoms with van der Waals surface area (Å²) in [6.45, 7) is 0.560. The first-order valence-electron chi connectivity index (χ1n) is 8.29. The van der Waals surface area contributed by atoms with Crippen LogP contribution in [0.5, 0.6) is 0 Å². The molecule has 1 saturated heterocycles. The Bertz CT molecular complexity index is 836. The fourth-order valence-corrected chi connectivity index (χ4v) is 3.22. The van der Waals surface area contributed by atoms with Gasteiger partial charge in [0.2, 0.25) is 5.91 Å². The van der Waals surface area contributed by atoms with E-state index in [0.29, 0.717) is 18.5 Å². The zero-order valence-corrected chi connectivity index (χ0v) is 14.8. The van der Waals surface area contributed by atoms with E-state index in [1.165, 1.54) is 24.4 Å². The van der Waals surface area contributed by atoms with Gasteiger partial charge in [0.1, 0.15) is 11.6 Å². The lowest BCUT2D eigenvalue weighted by Crippen LogP contribution is -2.39. The summed E-state index contributed by atoms with van der Waals surface area (Å²) in [6, 6.07) is 6.12. The first kappa shape index (κ1) is 19.4. The number of nitrogens with one attached hydrogen (secondary N) is 1. The fraction of sp³-hybridized carbons (Fsp3) is 0.333. The zero-order valence-electron chi connectivity index (χ0n) is 14.1. The maximum atomic E-state index is 13.2. The van der Waals surface area contributed by atoms with Gasteiger partial charge in [0.25, 0.3) is 0 Å². The van der Waals surface area contributed by atoms with Gasteiger partial charge in [-0.05, 0) is 43.2 Å². The molecule has 0 saturated carbocycles. The molecule has 4 nitrogen and oxygen atoms in total. The molecule has 0 radical (unpaired) electrons. The van der Waals surface area contributed by atoms with Crippen LogP contribution >= 0.6 is 11.6 Å². The summed E-state index contributed by atoms with van der Waals surface area (Å²) in [6.07, 6.45) is -2.40.